The Balaban J connectivity index is 2.26. The number of rotatable bonds is 3. The van der Waals surface area contributed by atoms with Crippen molar-refractivity contribution in [1.82, 2.24) is 4.98 Å². The van der Waals surface area contributed by atoms with Gasteiger partial charge in [0.1, 0.15) is 11.5 Å². The number of anilines is 1. The van der Waals surface area contributed by atoms with Crippen LogP contribution < -0.4 is 5.32 Å². The van der Waals surface area contributed by atoms with Gasteiger partial charge in [-0.15, -0.1) is 0 Å². The van der Waals surface area contributed by atoms with Gasteiger partial charge in [0, 0.05) is 11.9 Å². The van der Waals surface area contributed by atoms with Crippen LogP contribution in [0.5, 0.6) is 0 Å². The summed E-state index contributed by atoms with van der Waals surface area (Å²) in [4.78, 5) is 26.4. The molecule has 0 spiro atoms. The lowest BCUT2D eigenvalue weighted by atomic mass is 10.2. The molecule has 20 heavy (non-hydrogen) atoms. The first-order chi connectivity index (χ1) is 9.49. The standard InChI is InChI=1S/C13H8BrFN2O3/c14-11-8(2-1-3-9(11)15)12(18)17-7-4-5-16-10(6-7)13(19)20/h1-6H,(H,19,20)(H,16,17,18). The summed E-state index contributed by atoms with van der Waals surface area (Å²) in [5.41, 5.74) is 0.179. The third-order valence-corrected chi connectivity index (χ3v) is 3.24. The first-order valence-corrected chi connectivity index (χ1v) is 6.23. The summed E-state index contributed by atoms with van der Waals surface area (Å²) in [6.07, 6.45) is 1.26. The van der Waals surface area contributed by atoms with Gasteiger partial charge in [-0.1, -0.05) is 6.07 Å². The van der Waals surface area contributed by atoms with E-state index in [1.807, 2.05) is 0 Å². The predicted octanol–water partition coefficient (Wildman–Crippen LogP) is 2.93. The van der Waals surface area contributed by atoms with E-state index in [-0.39, 0.29) is 21.4 Å². The quantitative estimate of drug-likeness (QED) is 0.901. The van der Waals surface area contributed by atoms with Crippen molar-refractivity contribution < 1.29 is 19.1 Å². The molecule has 2 N–H and O–H groups in total. The van der Waals surface area contributed by atoms with Crippen molar-refractivity contribution in [3.63, 3.8) is 0 Å². The fourth-order valence-corrected chi connectivity index (χ4v) is 1.95. The van der Waals surface area contributed by atoms with E-state index in [9.17, 15) is 14.0 Å². The van der Waals surface area contributed by atoms with Crippen LogP contribution in [0.3, 0.4) is 0 Å². The van der Waals surface area contributed by atoms with Crippen molar-refractivity contribution >= 4 is 33.5 Å². The van der Waals surface area contributed by atoms with Gasteiger partial charge in [-0.25, -0.2) is 14.2 Å². The van der Waals surface area contributed by atoms with E-state index in [1.54, 1.807) is 0 Å². The molecule has 0 bridgehead atoms. The first-order valence-electron chi connectivity index (χ1n) is 5.44. The highest BCUT2D eigenvalue weighted by molar-refractivity contribution is 9.10. The van der Waals surface area contributed by atoms with Crippen LogP contribution in [0.25, 0.3) is 0 Å². The number of halogens is 2. The Morgan fingerprint density at radius 1 is 1.30 bits per heavy atom. The van der Waals surface area contributed by atoms with E-state index >= 15 is 0 Å². The SMILES string of the molecule is O=C(O)c1cc(NC(=O)c2cccc(F)c2Br)ccn1. The lowest BCUT2D eigenvalue weighted by Crippen LogP contribution is -2.14. The molecule has 0 saturated carbocycles. The van der Waals surface area contributed by atoms with E-state index in [1.165, 1.54) is 36.5 Å². The van der Waals surface area contributed by atoms with Gasteiger partial charge in [-0.2, -0.15) is 0 Å². The minimum atomic E-state index is -1.20. The van der Waals surface area contributed by atoms with Crippen LogP contribution in [0, 0.1) is 5.82 Å². The second kappa shape index (κ2) is 5.79. The lowest BCUT2D eigenvalue weighted by Gasteiger charge is -2.07. The number of aromatic nitrogens is 1. The van der Waals surface area contributed by atoms with Gasteiger partial charge < -0.3 is 10.4 Å². The number of carbonyl (C=O) groups excluding carboxylic acids is 1. The molecule has 0 aliphatic heterocycles. The maximum atomic E-state index is 13.3. The van der Waals surface area contributed by atoms with Crippen molar-refractivity contribution in [3.05, 3.63) is 58.1 Å². The van der Waals surface area contributed by atoms with Crippen LogP contribution in [0.2, 0.25) is 0 Å². The molecule has 2 aromatic rings. The van der Waals surface area contributed by atoms with Gasteiger partial charge in [-0.05, 0) is 40.2 Å². The number of nitrogens with zero attached hydrogens (tertiary/aromatic N) is 1. The molecule has 0 unspecified atom stereocenters. The van der Waals surface area contributed by atoms with E-state index in [4.69, 9.17) is 5.11 Å². The number of carbonyl (C=O) groups is 2. The molecule has 0 radical (unpaired) electrons. The molecule has 0 fully saturated rings. The fraction of sp³-hybridized carbons (Fsp3) is 0. The van der Waals surface area contributed by atoms with Gasteiger partial charge in [0.05, 0.1) is 10.0 Å². The van der Waals surface area contributed by atoms with E-state index in [0.29, 0.717) is 0 Å². The van der Waals surface area contributed by atoms with Crippen molar-refractivity contribution in [1.29, 1.82) is 0 Å². The Bertz CT molecular complexity index is 691. The van der Waals surface area contributed by atoms with E-state index < -0.39 is 17.7 Å². The first kappa shape index (κ1) is 14.1. The molecule has 5 nitrogen and oxygen atoms in total. The fourth-order valence-electron chi connectivity index (χ4n) is 1.50. The third-order valence-electron chi connectivity index (χ3n) is 2.43. The zero-order valence-electron chi connectivity index (χ0n) is 9.93. The molecule has 1 aromatic carbocycles. The summed E-state index contributed by atoms with van der Waals surface area (Å²) in [5, 5.41) is 11.3. The van der Waals surface area contributed by atoms with Gasteiger partial charge in [-0.3, -0.25) is 4.79 Å². The summed E-state index contributed by atoms with van der Waals surface area (Å²) in [7, 11) is 0. The smallest absolute Gasteiger partial charge is 0.354 e. The molecule has 102 valence electrons. The minimum absolute atomic E-state index is 0.0463. The number of nitrogens with one attached hydrogen (secondary N) is 1. The van der Waals surface area contributed by atoms with E-state index in [0.717, 1.165) is 0 Å². The van der Waals surface area contributed by atoms with Crippen LogP contribution in [-0.4, -0.2) is 22.0 Å². The Morgan fingerprint density at radius 2 is 2.05 bits per heavy atom. The molecule has 7 heteroatoms. The number of amides is 1. The average molecular weight is 339 g/mol. The largest absolute Gasteiger partial charge is 0.477 e. The van der Waals surface area contributed by atoms with Crippen molar-refractivity contribution in [3.8, 4) is 0 Å². The normalized spacial score (nSPS) is 10.1. The zero-order chi connectivity index (χ0) is 14.7. The molecule has 1 heterocycles. The van der Waals surface area contributed by atoms with Crippen LogP contribution in [0.4, 0.5) is 10.1 Å². The van der Waals surface area contributed by atoms with Crippen LogP contribution in [0.1, 0.15) is 20.8 Å². The molecule has 2 rings (SSSR count). The Kier molecular flexibility index (Phi) is 4.09. The summed E-state index contributed by atoms with van der Waals surface area (Å²) >= 11 is 2.99. The molecule has 0 atom stereocenters. The predicted molar refractivity (Wildman–Crippen MR) is 73.2 cm³/mol. The maximum Gasteiger partial charge on any atom is 0.354 e. The molecular weight excluding hydrogens is 331 g/mol. The minimum Gasteiger partial charge on any atom is -0.477 e. The molecule has 0 saturated heterocycles. The molecule has 1 aromatic heterocycles. The highest BCUT2D eigenvalue weighted by atomic mass is 79.9. The monoisotopic (exact) mass is 338 g/mol. The summed E-state index contributed by atoms with van der Waals surface area (Å²) in [5.74, 6) is -2.31. The Labute approximate surface area is 121 Å². The number of carboxylic acids is 1. The second-order valence-corrected chi connectivity index (χ2v) is 4.58. The zero-order valence-corrected chi connectivity index (χ0v) is 11.5. The average Bonchev–Trinajstić information content (AvgIpc) is 2.42. The second-order valence-electron chi connectivity index (χ2n) is 3.79. The van der Waals surface area contributed by atoms with Gasteiger partial charge in [0.2, 0.25) is 0 Å². The Hall–Kier alpha value is -2.28. The third kappa shape index (κ3) is 3.00. The van der Waals surface area contributed by atoms with Gasteiger partial charge in [0.25, 0.3) is 5.91 Å². The summed E-state index contributed by atoms with van der Waals surface area (Å²) in [6, 6.07) is 6.73. The van der Waals surface area contributed by atoms with Crippen LogP contribution in [-0.2, 0) is 0 Å². The van der Waals surface area contributed by atoms with Crippen LogP contribution >= 0.6 is 15.9 Å². The number of carboxylic acid groups (broad SMARTS) is 1. The van der Waals surface area contributed by atoms with Crippen molar-refractivity contribution in [2.45, 2.75) is 0 Å². The highest BCUT2D eigenvalue weighted by Gasteiger charge is 2.14. The van der Waals surface area contributed by atoms with Crippen molar-refractivity contribution in [2.75, 3.05) is 5.32 Å². The lowest BCUT2D eigenvalue weighted by molar-refractivity contribution is 0.0690. The number of hydrogen-bond donors (Lipinski definition) is 2. The van der Waals surface area contributed by atoms with E-state index in [2.05, 4.69) is 26.2 Å². The maximum absolute atomic E-state index is 13.3. The van der Waals surface area contributed by atoms with Gasteiger partial charge >= 0.3 is 5.97 Å². The van der Waals surface area contributed by atoms with Crippen LogP contribution in [0.15, 0.2) is 41.0 Å². The summed E-state index contributed by atoms with van der Waals surface area (Å²) in [6.45, 7) is 0. The number of aromatic carboxylic acids is 1. The molecular formula is C13H8BrFN2O3. The topological polar surface area (TPSA) is 79.3 Å². The van der Waals surface area contributed by atoms with Crippen molar-refractivity contribution in [2.24, 2.45) is 0 Å². The number of hydrogen-bond acceptors (Lipinski definition) is 3. The molecule has 0 aliphatic carbocycles. The Morgan fingerprint density at radius 3 is 2.75 bits per heavy atom. The number of pyridine rings is 1. The highest BCUT2D eigenvalue weighted by Crippen LogP contribution is 2.21. The summed E-state index contributed by atoms with van der Waals surface area (Å²) < 4.78 is 13.4. The number of benzene rings is 1. The molecule has 0 aliphatic rings. The molecule has 1 amide bonds. The van der Waals surface area contributed by atoms with Gasteiger partial charge in [0.15, 0.2) is 0 Å².